The summed E-state index contributed by atoms with van der Waals surface area (Å²) in [7, 11) is 0. The number of rotatable bonds is 1. The number of anilines is 1. The van der Waals surface area contributed by atoms with Crippen molar-refractivity contribution in [2.75, 3.05) is 11.9 Å². The van der Waals surface area contributed by atoms with Crippen molar-refractivity contribution in [3.05, 3.63) is 17.8 Å². The van der Waals surface area contributed by atoms with Crippen LogP contribution in [0, 0.1) is 0 Å². The van der Waals surface area contributed by atoms with E-state index >= 15 is 0 Å². The van der Waals surface area contributed by atoms with E-state index in [-0.39, 0.29) is 19.1 Å². The van der Waals surface area contributed by atoms with Gasteiger partial charge in [-0.05, 0) is 11.6 Å². The predicted octanol–water partition coefficient (Wildman–Crippen LogP) is -0.0952. The van der Waals surface area contributed by atoms with Gasteiger partial charge in [-0.2, -0.15) is 0 Å². The van der Waals surface area contributed by atoms with Gasteiger partial charge in [-0.3, -0.25) is 4.79 Å². The van der Waals surface area contributed by atoms with Gasteiger partial charge in [-0.15, -0.1) is 0 Å². The second kappa shape index (κ2) is 3.02. The summed E-state index contributed by atoms with van der Waals surface area (Å²) < 4.78 is 5.03. The maximum absolute atomic E-state index is 10.9. The van der Waals surface area contributed by atoms with Crippen LogP contribution in [-0.4, -0.2) is 22.6 Å². The first-order chi connectivity index (χ1) is 6.29. The number of nitrogens with one attached hydrogen (secondary N) is 1. The van der Waals surface area contributed by atoms with E-state index in [0.717, 1.165) is 0 Å². The highest BCUT2D eigenvalue weighted by atomic mass is 16.5. The quantitative estimate of drug-likeness (QED) is 0.633. The van der Waals surface area contributed by atoms with Gasteiger partial charge in [0.2, 0.25) is 5.88 Å². The lowest BCUT2D eigenvalue weighted by Crippen LogP contribution is -2.26. The van der Waals surface area contributed by atoms with Gasteiger partial charge in [0.1, 0.15) is 5.69 Å². The van der Waals surface area contributed by atoms with Crippen molar-refractivity contribution >= 4 is 11.6 Å². The first-order valence-electron chi connectivity index (χ1n) is 3.82. The summed E-state index contributed by atoms with van der Waals surface area (Å²) in [5.74, 6) is 0.196. The van der Waals surface area contributed by atoms with Crippen molar-refractivity contribution in [2.45, 2.75) is 6.61 Å². The molecule has 68 valence electrons. The topological polar surface area (TPSA) is 71.5 Å². The van der Waals surface area contributed by atoms with Crippen LogP contribution in [0.25, 0.3) is 0 Å². The molecule has 5 nitrogen and oxygen atoms in total. The van der Waals surface area contributed by atoms with E-state index in [1.54, 1.807) is 6.07 Å². The fraction of sp³-hybridized carbons (Fsp3) is 0.250. The summed E-state index contributed by atoms with van der Waals surface area (Å²) in [5.41, 5.74) is 1.16. The van der Waals surface area contributed by atoms with Crippen LogP contribution in [0.4, 0.5) is 5.69 Å². The molecule has 0 saturated heterocycles. The minimum atomic E-state index is -0.204. The number of aromatic nitrogens is 1. The Morgan fingerprint density at radius 2 is 2.54 bits per heavy atom. The monoisotopic (exact) mass is 180 g/mol. The Morgan fingerprint density at radius 1 is 1.69 bits per heavy atom. The molecule has 0 bridgehead atoms. The summed E-state index contributed by atoms with van der Waals surface area (Å²) in [6, 6.07) is 1.64. The van der Waals surface area contributed by atoms with Gasteiger partial charge >= 0.3 is 0 Å². The highest BCUT2D eigenvalue weighted by molar-refractivity contribution is 5.94. The van der Waals surface area contributed by atoms with Crippen LogP contribution in [0.1, 0.15) is 5.56 Å². The number of carbonyl (C=O) groups excluding carboxylic acids is 1. The zero-order valence-electron chi connectivity index (χ0n) is 6.78. The maximum atomic E-state index is 10.9. The number of nitrogens with zero attached hydrogens (tertiary/aromatic N) is 1. The normalized spacial score (nSPS) is 14.4. The molecule has 13 heavy (non-hydrogen) atoms. The number of carbonyl (C=O) groups is 1. The Bertz CT molecular complexity index is 351. The van der Waals surface area contributed by atoms with E-state index in [0.29, 0.717) is 17.1 Å². The van der Waals surface area contributed by atoms with Crippen molar-refractivity contribution in [3.63, 3.8) is 0 Å². The number of hydrogen-bond donors (Lipinski definition) is 2. The second-order valence-corrected chi connectivity index (χ2v) is 2.69. The summed E-state index contributed by atoms with van der Waals surface area (Å²) in [4.78, 5) is 14.8. The lowest BCUT2D eigenvalue weighted by Gasteiger charge is -2.16. The third-order valence-corrected chi connectivity index (χ3v) is 1.70. The van der Waals surface area contributed by atoms with Crippen LogP contribution >= 0.6 is 0 Å². The minimum Gasteiger partial charge on any atom is -0.466 e. The Balaban J connectivity index is 2.38. The van der Waals surface area contributed by atoms with Gasteiger partial charge in [0, 0.05) is 6.20 Å². The van der Waals surface area contributed by atoms with Crippen LogP contribution in [0.5, 0.6) is 5.88 Å². The summed E-state index contributed by atoms with van der Waals surface area (Å²) in [6.07, 6.45) is 1.51. The lowest BCUT2D eigenvalue weighted by molar-refractivity contribution is -0.118. The molecule has 0 radical (unpaired) electrons. The van der Waals surface area contributed by atoms with E-state index in [4.69, 9.17) is 9.84 Å². The van der Waals surface area contributed by atoms with Gasteiger partial charge in [-0.1, -0.05) is 0 Å². The van der Waals surface area contributed by atoms with Crippen LogP contribution < -0.4 is 10.1 Å². The smallest absolute Gasteiger partial charge is 0.262 e. The molecule has 1 aliphatic rings. The summed E-state index contributed by atoms with van der Waals surface area (Å²) in [6.45, 7) is -0.103. The number of amides is 1. The Hall–Kier alpha value is -1.62. The number of hydrogen-bond acceptors (Lipinski definition) is 4. The van der Waals surface area contributed by atoms with E-state index in [2.05, 4.69) is 10.3 Å². The van der Waals surface area contributed by atoms with E-state index in [9.17, 15) is 4.79 Å². The predicted molar refractivity (Wildman–Crippen MR) is 44.3 cm³/mol. The first-order valence-corrected chi connectivity index (χ1v) is 3.82. The SMILES string of the molecule is O=C1COc2ncc(CO)cc2N1. The molecule has 1 aliphatic heterocycles. The molecule has 0 aromatic carbocycles. The molecule has 0 saturated carbocycles. The molecule has 0 atom stereocenters. The van der Waals surface area contributed by atoms with Gasteiger partial charge in [0.25, 0.3) is 5.91 Å². The Kier molecular flexibility index (Phi) is 1.86. The number of ether oxygens (including phenoxy) is 1. The fourth-order valence-electron chi connectivity index (χ4n) is 1.11. The molecule has 2 rings (SSSR count). The maximum Gasteiger partial charge on any atom is 0.262 e. The highest BCUT2D eigenvalue weighted by Gasteiger charge is 2.16. The third-order valence-electron chi connectivity index (χ3n) is 1.70. The average Bonchev–Trinajstić information content (AvgIpc) is 2.16. The van der Waals surface area contributed by atoms with Crippen molar-refractivity contribution in [3.8, 4) is 5.88 Å². The number of aliphatic hydroxyl groups is 1. The van der Waals surface area contributed by atoms with Crippen LogP contribution in [-0.2, 0) is 11.4 Å². The van der Waals surface area contributed by atoms with Gasteiger partial charge in [0.15, 0.2) is 6.61 Å². The van der Waals surface area contributed by atoms with Crippen molar-refractivity contribution in [1.29, 1.82) is 0 Å². The Labute approximate surface area is 74.4 Å². The lowest BCUT2D eigenvalue weighted by atomic mass is 10.2. The molecular formula is C8H8N2O3. The average molecular weight is 180 g/mol. The zero-order valence-corrected chi connectivity index (χ0v) is 6.78. The van der Waals surface area contributed by atoms with E-state index in [1.165, 1.54) is 6.20 Å². The molecule has 5 heteroatoms. The molecule has 2 N–H and O–H groups in total. The second-order valence-electron chi connectivity index (χ2n) is 2.69. The van der Waals surface area contributed by atoms with Gasteiger partial charge in [0.05, 0.1) is 6.61 Å². The zero-order chi connectivity index (χ0) is 9.26. The van der Waals surface area contributed by atoms with Crippen LogP contribution in [0.3, 0.4) is 0 Å². The molecule has 1 amide bonds. The number of aliphatic hydroxyl groups excluding tert-OH is 1. The third kappa shape index (κ3) is 1.46. The van der Waals surface area contributed by atoms with Crippen molar-refractivity contribution < 1.29 is 14.6 Å². The molecule has 0 spiro atoms. The number of pyridine rings is 1. The molecule has 0 aliphatic carbocycles. The van der Waals surface area contributed by atoms with Crippen molar-refractivity contribution in [1.82, 2.24) is 4.98 Å². The first kappa shape index (κ1) is 8.00. The summed E-state index contributed by atoms with van der Waals surface area (Å²) in [5, 5.41) is 11.4. The van der Waals surface area contributed by atoms with E-state index < -0.39 is 0 Å². The van der Waals surface area contributed by atoms with E-state index in [1.807, 2.05) is 0 Å². The molecule has 2 heterocycles. The Morgan fingerprint density at radius 3 is 3.31 bits per heavy atom. The van der Waals surface area contributed by atoms with Gasteiger partial charge in [-0.25, -0.2) is 4.98 Å². The largest absolute Gasteiger partial charge is 0.466 e. The van der Waals surface area contributed by atoms with Crippen molar-refractivity contribution in [2.24, 2.45) is 0 Å². The highest BCUT2D eigenvalue weighted by Crippen LogP contribution is 2.25. The fourth-order valence-corrected chi connectivity index (χ4v) is 1.11. The molecule has 0 fully saturated rings. The minimum absolute atomic E-state index is 0.00152. The molecule has 0 unspecified atom stereocenters. The summed E-state index contributed by atoms with van der Waals surface area (Å²) >= 11 is 0. The standard InChI is InChI=1S/C8H8N2O3/c11-3-5-1-6-8(9-2-5)13-4-7(12)10-6/h1-2,11H,3-4H2,(H,10,12). The number of fused-ring (bicyclic) bond motifs is 1. The van der Waals surface area contributed by atoms with Crippen LogP contribution in [0.2, 0.25) is 0 Å². The van der Waals surface area contributed by atoms with Crippen LogP contribution in [0.15, 0.2) is 12.3 Å². The molecule has 1 aromatic heterocycles. The molecule has 1 aromatic rings. The molecular weight excluding hydrogens is 172 g/mol. The van der Waals surface area contributed by atoms with Gasteiger partial charge < -0.3 is 15.2 Å².